The molecule has 17 heavy (non-hydrogen) atoms. The molecule has 0 saturated carbocycles. The molecule has 5 unspecified atom stereocenters. The quantitative estimate of drug-likeness (QED) is 0.400. The maximum absolute atomic E-state index is 11.6. The summed E-state index contributed by atoms with van der Waals surface area (Å²) in [5, 5.41) is 30.4. The Hall–Kier alpha value is -1.02. The summed E-state index contributed by atoms with van der Waals surface area (Å²) in [6.45, 7) is -0.429. The molecule has 0 aromatic carbocycles. The molecule has 2 rings (SSSR count). The fraction of sp³-hybridized carbons (Fsp3) is 0.800. The number of imide groups is 1. The molecule has 2 amide bonds. The molecule has 2 fully saturated rings. The van der Waals surface area contributed by atoms with Crippen LogP contribution in [0.1, 0.15) is 12.8 Å². The second kappa shape index (κ2) is 4.69. The number of carbonyl (C=O) groups is 2. The maximum Gasteiger partial charge on any atom is 0.232 e. The molecule has 2 heterocycles. The summed E-state index contributed by atoms with van der Waals surface area (Å²) in [5.74, 6) is -1.53. The van der Waals surface area contributed by atoms with Gasteiger partial charge in [-0.15, -0.1) is 0 Å². The highest BCUT2D eigenvalue weighted by Crippen LogP contribution is 2.30. The molecular formula is C10H15NO6. The van der Waals surface area contributed by atoms with Gasteiger partial charge in [-0.1, -0.05) is 0 Å². The number of hydrogen-bond acceptors (Lipinski definition) is 6. The number of rotatable bonds is 2. The van der Waals surface area contributed by atoms with Gasteiger partial charge in [0.2, 0.25) is 11.8 Å². The maximum atomic E-state index is 11.6. The van der Waals surface area contributed by atoms with Crippen LogP contribution in [-0.2, 0) is 14.3 Å². The van der Waals surface area contributed by atoms with Crippen molar-refractivity contribution >= 4 is 11.8 Å². The van der Waals surface area contributed by atoms with Crippen LogP contribution in [0.4, 0.5) is 0 Å². The molecule has 0 aromatic heterocycles. The minimum absolute atomic E-state index is 0.183. The Kier molecular flexibility index (Phi) is 3.43. The van der Waals surface area contributed by atoms with E-state index in [-0.39, 0.29) is 18.7 Å². The number of aliphatic hydroxyl groups excluding tert-OH is 3. The van der Waals surface area contributed by atoms with Gasteiger partial charge in [0, 0.05) is 6.42 Å². The van der Waals surface area contributed by atoms with E-state index in [0.717, 1.165) is 0 Å². The van der Waals surface area contributed by atoms with Crippen LogP contribution in [-0.4, -0.2) is 58.2 Å². The van der Waals surface area contributed by atoms with Gasteiger partial charge in [0.05, 0.1) is 18.6 Å². The van der Waals surface area contributed by atoms with Crippen molar-refractivity contribution < 1.29 is 29.6 Å². The van der Waals surface area contributed by atoms with Crippen molar-refractivity contribution in [3.8, 4) is 0 Å². The first-order chi connectivity index (χ1) is 8.04. The summed E-state index contributed by atoms with van der Waals surface area (Å²) in [6.07, 6.45) is -3.75. The van der Waals surface area contributed by atoms with E-state index in [1.54, 1.807) is 0 Å². The number of amides is 2. The first kappa shape index (κ1) is 12.4. The number of nitrogens with one attached hydrogen (secondary N) is 1. The lowest BCUT2D eigenvalue weighted by Gasteiger charge is -2.27. The summed E-state index contributed by atoms with van der Waals surface area (Å²) in [6, 6.07) is 0. The van der Waals surface area contributed by atoms with E-state index < -0.39 is 42.8 Å². The van der Waals surface area contributed by atoms with Gasteiger partial charge in [-0.05, 0) is 6.42 Å². The van der Waals surface area contributed by atoms with Gasteiger partial charge in [0.25, 0.3) is 0 Å². The van der Waals surface area contributed by atoms with Crippen molar-refractivity contribution in [1.82, 2.24) is 5.32 Å². The van der Waals surface area contributed by atoms with Crippen LogP contribution >= 0.6 is 0 Å². The van der Waals surface area contributed by atoms with E-state index in [1.807, 2.05) is 0 Å². The van der Waals surface area contributed by atoms with E-state index in [4.69, 9.17) is 9.84 Å². The van der Waals surface area contributed by atoms with E-state index in [2.05, 4.69) is 5.32 Å². The fourth-order valence-corrected chi connectivity index (χ4v) is 2.28. The number of aliphatic hydroxyl groups is 3. The first-order valence-corrected chi connectivity index (χ1v) is 5.50. The molecule has 0 bridgehead atoms. The van der Waals surface area contributed by atoms with Crippen LogP contribution in [0.2, 0.25) is 0 Å². The van der Waals surface area contributed by atoms with Crippen molar-refractivity contribution in [3.05, 3.63) is 0 Å². The van der Waals surface area contributed by atoms with Crippen LogP contribution in [0, 0.1) is 5.92 Å². The van der Waals surface area contributed by atoms with Crippen molar-refractivity contribution in [1.29, 1.82) is 0 Å². The van der Waals surface area contributed by atoms with Gasteiger partial charge in [0.15, 0.2) is 0 Å². The Balaban J connectivity index is 2.08. The molecule has 2 saturated heterocycles. The zero-order valence-corrected chi connectivity index (χ0v) is 9.07. The topological polar surface area (TPSA) is 116 Å². The van der Waals surface area contributed by atoms with Gasteiger partial charge in [-0.2, -0.15) is 0 Å². The number of hydrogen-bond donors (Lipinski definition) is 4. The van der Waals surface area contributed by atoms with E-state index in [9.17, 15) is 19.8 Å². The molecule has 0 aromatic rings. The molecule has 7 nitrogen and oxygen atoms in total. The molecule has 96 valence electrons. The number of piperidine rings is 1. The van der Waals surface area contributed by atoms with Crippen LogP contribution in [0.5, 0.6) is 0 Å². The highest BCUT2D eigenvalue weighted by Gasteiger charge is 2.48. The highest BCUT2D eigenvalue weighted by molar-refractivity contribution is 5.98. The summed E-state index contributed by atoms with van der Waals surface area (Å²) in [7, 11) is 0. The summed E-state index contributed by atoms with van der Waals surface area (Å²) in [5.41, 5.74) is 0. The molecule has 0 aliphatic carbocycles. The highest BCUT2D eigenvalue weighted by atomic mass is 16.6. The van der Waals surface area contributed by atoms with Crippen molar-refractivity contribution in [2.45, 2.75) is 37.3 Å². The molecule has 0 spiro atoms. The largest absolute Gasteiger partial charge is 0.394 e. The number of carbonyl (C=O) groups excluding carboxylic acids is 2. The second-order valence-corrected chi connectivity index (χ2v) is 4.36. The number of ether oxygens (including phenoxy) is 1. The Bertz CT molecular complexity index is 333. The zero-order valence-electron chi connectivity index (χ0n) is 9.07. The van der Waals surface area contributed by atoms with Crippen molar-refractivity contribution in [3.63, 3.8) is 0 Å². The smallest absolute Gasteiger partial charge is 0.232 e. The Morgan fingerprint density at radius 2 is 2.00 bits per heavy atom. The minimum Gasteiger partial charge on any atom is -0.394 e. The summed E-state index contributed by atoms with van der Waals surface area (Å²) >= 11 is 0. The predicted octanol–water partition coefficient (Wildman–Crippen LogP) is -2.48. The van der Waals surface area contributed by atoms with Crippen LogP contribution in [0.3, 0.4) is 0 Å². The third-order valence-electron chi connectivity index (χ3n) is 3.26. The van der Waals surface area contributed by atoms with Crippen LogP contribution in [0.15, 0.2) is 0 Å². The lowest BCUT2D eigenvalue weighted by Crippen LogP contribution is -2.48. The lowest BCUT2D eigenvalue weighted by atomic mass is 9.89. The first-order valence-electron chi connectivity index (χ1n) is 5.50. The Morgan fingerprint density at radius 1 is 1.29 bits per heavy atom. The van der Waals surface area contributed by atoms with Gasteiger partial charge in [-0.25, -0.2) is 0 Å². The van der Waals surface area contributed by atoms with Crippen molar-refractivity contribution in [2.75, 3.05) is 6.61 Å². The van der Waals surface area contributed by atoms with Gasteiger partial charge >= 0.3 is 0 Å². The third kappa shape index (κ3) is 2.19. The molecule has 0 radical (unpaired) electrons. The van der Waals surface area contributed by atoms with Crippen LogP contribution < -0.4 is 5.32 Å². The SMILES string of the molecule is O=C1CCC(C2OC(CO)C(O)C2O)C(=O)N1. The molecule has 4 N–H and O–H groups in total. The van der Waals surface area contributed by atoms with E-state index in [0.29, 0.717) is 0 Å². The molecule has 2 aliphatic heterocycles. The van der Waals surface area contributed by atoms with Gasteiger partial charge in [-0.3, -0.25) is 14.9 Å². The Labute approximate surface area is 97.4 Å². The minimum atomic E-state index is -1.23. The molecule has 5 atom stereocenters. The van der Waals surface area contributed by atoms with Crippen molar-refractivity contribution in [2.24, 2.45) is 5.92 Å². The molecule has 2 aliphatic rings. The summed E-state index contributed by atoms with van der Waals surface area (Å²) < 4.78 is 5.26. The predicted molar refractivity (Wildman–Crippen MR) is 53.6 cm³/mol. The average Bonchev–Trinajstić information content (AvgIpc) is 2.57. The lowest BCUT2D eigenvalue weighted by molar-refractivity contribution is -0.143. The Morgan fingerprint density at radius 3 is 2.53 bits per heavy atom. The van der Waals surface area contributed by atoms with Gasteiger partial charge < -0.3 is 20.1 Å². The fourth-order valence-electron chi connectivity index (χ4n) is 2.28. The summed E-state index contributed by atoms with van der Waals surface area (Å²) in [4.78, 5) is 22.5. The third-order valence-corrected chi connectivity index (χ3v) is 3.26. The normalized spacial score (nSPS) is 42.6. The molecule has 7 heteroatoms. The zero-order chi connectivity index (χ0) is 12.6. The van der Waals surface area contributed by atoms with Gasteiger partial charge in [0.1, 0.15) is 18.3 Å². The molecular weight excluding hydrogens is 230 g/mol. The van der Waals surface area contributed by atoms with E-state index >= 15 is 0 Å². The monoisotopic (exact) mass is 245 g/mol. The van der Waals surface area contributed by atoms with Crippen LogP contribution in [0.25, 0.3) is 0 Å². The second-order valence-electron chi connectivity index (χ2n) is 4.36. The standard InChI is InChI=1S/C10H15NO6/c12-3-5-7(14)8(15)9(17-5)4-1-2-6(13)11-10(4)16/h4-5,7-9,12,14-15H,1-3H2,(H,11,13,16). The van der Waals surface area contributed by atoms with E-state index in [1.165, 1.54) is 0 Å². The average molecular weight is 245 g/mol.